The van der Waals surface area contributed by atoms with E-state index in [0.717, 1.165) is 73.4 Å². The van der Waals surface area contributed by atoms with Crippen molar-refractivity contribution in [3.63, 3.8) is 0 Å². The number of imidazole rings is 1. The van der Waals surface area contributed by atoms with Crippen molar-refractivity contribution in [1.82, 2.24) is 9.55 Å². The van der Waals surface area contributed by atoms with Gasteiger partial charge in [-0.1, -0.05) is 133 Å². The SMILES string of the molecule is c1ccc(-c2ccccc2-n2c(-c3cc(N(c4ccccc4)c4ccccc4)cc(N(c4ccccc4)c4ccccc4)c3)nc3ccccc32)cc1. The molecule has 8 aromatic carbocycles. The van der Waals surface area contributed by atoms with Crippen molar-refractivity contribution in [2.75, 3.05) is 9.80 Å². The molecule has 0 amide bonds. The lowest BCUT2D eigenvalue weighted by molar-refractivity contribution is 1.10. The van der Waals surface area contributed by atoms with Crippen molar-refractivity contribution in [2.24, 2.45) is 0 Å². The highest BCUT2D eigenvalue weighted by molar-refractivity contribution is 5.91. The van der Waals surface area contributed by atoms with E-state index in [0.29, 0.717) is 0 Å². The number of nitrogens with zero attached hydrogens (tertiary/aromatic N) is 4. The van der Waals surface area contributed by atoms with Gasteiger partial charge in [0.15, 0.2) is 0 Å². The molecule has 4 nitrogen and oxygen atoms in total. The summed E-state index contributed by atoms with van der Waals surface area (Å²) in [5, 5.41) is 0. The largest absolute Gasteiger partial charge is 0.310 e. The Hall–Kier alpha value is -7.17. The number of fused-ring (bicyclic) bond motifs is 1. The van der Waals surface area contributed by atoms with Crippen LogP contribution in [0, 0.1) is 0 Å². The van der Waals surface area contributed by atoms with Crippen LogP contribution in [0.5, 0.6) is 0 Å². The van der Waals surface area contributed by atoms with Gasteiger partial charge in [0.2, 0.25) is 0 Å². The second kappa shape index (κ2) is 14.2. The van der Waals surface area contributed by atoms with Crippen LogP contribution < -0.4 is 9.80 Å². The summed E-state index contributed by atoms with van der Waals surface area (Å²) in [6, 6.07) is 76.8. The third-order valence-corrected chi connectivity index (χ3v) is 9.53. The molecule has 4 heteroatoms. The first-order valence-corrected chi connectivity index (χ1v) is 17.9. The van der Waals surface area contributed by atoms with Gasteiger partial charge in [-0.15, -0.1) is 0 Å². The third-order valence-electron chi connectivity index (χ3n) is 9.53. The molecule has 0 aliphatic carbocycles. The number of rotatable bonds is 9. The van der Waals surface area contributed by atoms with Crippen molar-refractivity contribution < 1.29 is 0 Å². The van der Waals surface area contributed by atoms with Gasteiger partial charge in [0.05, 0.1) is 16.7 Å². The molecule has 1 heterocycles. The molecule has 0 saturated heterocycles. The Labute approximate surface area is 310 Å². The summed E-state index contributed by atoms with van der Waals surface area (Å²) >= 11 is 0. The zero-order chi connectivity index (χ0) is 35.4. The Bertz CT molecular complexity index is 2420. The van der Waals surface area contributed by atoms with Crippen LogP contribution in [-0.2, 0) is 0 Å². The molecular weight excluding hydrogens is 645 g/mol. The fourth-order valence-corrected chi connectivity index (χ4v) is 7.18. The van der Waals surface area contributed by atoms with E-state index < -0.39 is 0 Å². The zero-order valence-corrected chi connectivity index (χ0v) is 29.1. The van der Waals surface area contributed by atoms with Crippen LogP contribution in [0.1, 0.15) is 0 Å². The maximum atomic E-state index is 5.41. The van der Waals surface area contributed by atoms with E-state index in [-0.39, 0.29) is 0 Å². The first-order chi connectivity index (χ1) is 26.3. The molecule has 9 aromatic rings. The van der Waals surface area contributed by atoms with Gasteiger partial charge in [0, 0.05) is 45.3 Å². The molecule has 252 valence electrons. The summed E-state index contributed by atoms with van der Waals surface area (Å²) in [6.45, 7) is 0. The van der Waals surface area contributed by atoms with E-state index in [2.05, 4.69) is 233 Å². The average molecular weight is 681 g/mol. The van der Waals surface area contributed by atoms with Crippen LogP contribution in [0.3, 0.4) is 0 Å². The predicted octanol–water partition coefficient (Wildman–Crippen LogP) is 13.3. The molecule has 9 rings (SSSR count). The highest BCUT2D eigenvalue weighted by Crippen LogP contribution is 2.44. The summed E-state index contributed by atoms with van der Waals surface area (Å²) < 4.78 is 2.32. The van der Waals surface area contributed by atoms with E-state index in [4.69, 9.17) is 4.98 Å². The Balaban J connectivity index is 1.36. The fourth-order valence-electron chi connectivity index (χ4n) is 7.18. The Kier molecular flexibility index (Phi) is 8.53. The molecule has 0 fully saturated rings. The second-order valence-corrected chi connectivity index (χ2v) is 12.9. The van der Waals surface area contributed by atoms with Gasteiger partial charge in [-0.3, -0.25) is 4.57 Å². The van der Waals surface area contributed by atoms with Crippen molar-refractivity contribution in [3.8, 4) is 28.2 Å². The maximum Gasteiger partial charge on any atom is 0.145 e. The maximum absolute atomic E-state index is 5.41. The smallest absolute Gasteiger partial charge is 0.145 e. The molecule has 0 bridgehead atoms. The highest BCUT2D eigenvalue weighted by atomic mass is 15.2. The van der Waals surface area contributed by atoms with Crippen molar-refractivity contribution >= 4 is 45.2 Å². The molecule has 0 radical (unpaired) electrons. The number of para-hydroxylation sites is 7. The molecule has 0 saturated carbocycles. The van der Waals surface area contributed by atoms with Crippen LogP contribution in [0.4, 0.5) is 34.1 Å². The molecule has 0 aliphatic rings. The average Bonchev–Trinajstić information content (AvgIpc) is 3.63. The molecule has 0 unspecified atom stereocenters. The van der Waals surface area contributed by atoms with Crippen molar-refractivity contribution in [1.29, 1.82) is 0 Å². The summed E-state index contributed by atoms with van der Waals surface area (Å²) in [5.74, 6) is 0.861. The Morgan fingerprint density at radius 1 is 0.340 bits per heavy atom. The Morgan fingerprint density at radius 2 is 0.755 bits per heavy atom. The first-order valence-electron chi connectivity index (χ1n) is 17.9. The summed E-state index contributed by atoms with van der Waals surface area (Å²) in [6.07, 6.45) is 0. The van der Waals surface area contributed by atoms with Gasteiger partial charge >= 0.3 is 0 Å². The minimum Gasteiger partial charge on any atom is -0.310 e. The van der Waals surface area contributed by atoms with Gasteiger partial charge < -0.3 is 9.80 Å². The van der Waals surface area contributed by atoms with E-state index in [1.807, 2.05) is 0 Å². The quantitative estimate of drug-likeness (QED) is 0.152. The topological polar surface area (TPSA) is 24.3 Å². The van der Waals surface area contributed by atoms with Crippen LogP contribution >= 0.6 is 0 Å². The minimum atomic E-state index is 0.861. The van der Waals surface area contributed by atoms with Crippen molar-refractivity contribution in [2.45, 2.75) is 0 Å². The molecule has 1 aromatic heterocycles. The van der Waals surface area contributed by atoms with Gasteiger partial charge in [-0.2, -0.15) is 0 Å². The lowest BCUT2D eigenvalue weighted by atomic mass is 10.0. The normalized spacial score (nSPS) is 11.0. The second-order valence-electron chi connectivity index (χ2n) is 12.9. The van der Waals surface area contributed by atoms with Crippen molar-refractivity contribution in [3.05, 3.63) is 218 Å². The van der Waals surface area contributed by atoms with Crippen LogP contribution in [0.2, 0.25) is 0 Å². The Morgan fingerprint density at radius 3 is 1.26 bits per heavy atom. The first kappa shape index (κ1) is 31.8. The van der Waals surface area contributed by atoms with E-state index >= 15 is 0 Å². The van der Waals surface area contributed by atoms with Crippen LogP contribution in [0.25, 0.3) is 39.2 Å². The lowest BCUT2D eigenvalue weighted by Crippen LogP contribution is -2.14. The number of benzene rings is 8. The van der Waals surface area contributed by atoms with Gasteiger partial charge in [-0.05, 0) is 90.5 Å². The number of hydrogen-bond acceptors (Lipinski definition) is 3. The molecular formula is C49H36N4. The predicted molar refractivity (Wildman–Crippen MR) is 221 cm³/mol. The van der Waals surface area contributed by atoms with E-state index in [1.165, 1.54) is 0 Å². The number of hydrogen-bond donors (Lipinski definition) is 0. The molecule has 53 heavy (non-hydrogen) atoms. The monoisotopic (exact) mass is 680 g/mol. The van der Waals surface area contributed by atoms with Gasteiger partial charge in [0.25, 0.3) is 0 Å². The van der Waals surface area contributed by atoms with Gasteiger partial charge in [-0.25, -0.2) is 4.98 Å². The molecule has 0 atom stereocenters. The number of aromatic nitrogens is 2. The summed E-state index contributed by atoms with van der Waals surface area (Å²) in [7, 11) is 0. The zero-order valence-electron chi connectivity index (χ0n) is 29.1. The summed E-state index contributed by atoms with van der Waals surface area (Å²) in [4.78, 5) is 10.1. The lowest BCUT2D eigenvalue weighted by Gasteiger charge is -2.30. The minimum absolute atomic E-state index is 0.861. The van der Waals surface area contributed by atoms with E-state index in [9.17, 15) is 0 Å². The third kappa shape index (κ3) is 6.24. The van der Waals surface area contributed by atoms with Gasteiger partial charge in [0.1, 0.15) is 5.82 Å². The molecule has 0 aliphatic heterocycles. The highest BCUT2D eigenvalue weighted by Gasteiger charge is 2.23. The fraction of sp³-hybridized carbons (Fsp3) is 0. The van der Waals surface area contributed by atoms with E-state index in [1.54, 1.807) is 0 Å². The summed E-state index contributed by atoms with van der Waals surface area (Å²) in [5.41, 5.74) is 12.6. The van der Waals surface area contributed by atoms with Crippen LogP contribution in [-0.4, -0.2) is 9.55 Å². The number of anilines is 6. The molecule has 0 N–H and O–H groups in total. The molecule has 0 spiro atoms. The van der Waals surface area contributed by atoms with Crippen LogP contribution in [0.15, 0.2) is 218 Å². The standard InChI is InChI=1S/C49H36N4/c1-6-20-37(21-7-1)45-30-16-18-32-47(45)53-48-33-19-17-31-46(48)50-49(53)38-34-43(51(39-22-8-2-9-23-39)40-24-10-3-11-25-40)36-44(35-38)52(41-26-12-4-13-27-41)42-28-14-5-15-29-42/h1-36H.